The number of hydrogen-bond acceptors (Lipinski definition) is 4. The lowest BCUT2D eigenvalue weighted by Crippen LogP contribution is -2.40. The lowest BCUT2D eigenvalue weighted by Gasteiger charge is -2.22. The van der Waals surface area contributed by atoms with E-state index in [1.54, 1.807) is 11.8 Å². The van der Waals surface area contributed by atoms with Gasteiger partial charge in [-0.1, -0.05) is 48.5 Å². The minimum atomic E-state index is -0.330. The summed E-state index contributed by atoms with van der Waals surface area (Å²) in [5.74, 6) is 0.895. The second-order valence-corrected chi connectivity index (χ2v) is 8.65. The van der Waals surface area contributed by atoms with Crippen LogP contribution in [0.4, 0.5) is 16.3 Å². The Morgan fingerprint density at radius 1 is 0.919 bits per heavy atom. The molecule has 0 aliphatic carbocycles. The minimum absolute atomic E-state index is 0.109. The van der Waals surface area contributed by atoms with Crippen LogP contribution in [0.2, 0.25) is 0 Å². The molecule has 3 amide bonds. The van der Waals surface area contributed by atoms with Crippen LogP contribution in [-0.4, -0.2) is 46.8 Å². The number of methoxy groups -OCH3 is 1. The van der Waals surface area contributed by atoms with E-state index in [2.05, 4.69) is 10.6 Å². The van der Waals surface area contributed by atoms with E-state index in [1.807, 2.05) is 99.6 Å². The van der Waals surface area contributed by atoms with Gasteiger partial charge in [0.1, 0.15) is 18.1 Å². The Morgan fingerprint density at radius 2 is 1.59 bits per heavy atom. The largest absolute Gasteiger partial charge is 0.497 e. The monoisotopic (exact) mass is 497 g/mol. The number of aryl methyl sites for hydroxylation is 2. The molecule has 0 spiro atoms. The molecule has 0 bridgehead atoms. The zero-order valence-corrected chi connectivity index (χ0v) is 21.5. The Bertz CT molecular complexity index is 1360. The molecule has 190 valence electrons. The molecule has 8 heteroatoms. The SMILES string of the molecule is CCN(CC(=O)Nc1cc(-c2ccccc2)nn1-c1ccc(OC)cc1)C(=O)Nc1c(C)cccc1C. The molecule has 8 nitrogen and oxygen atoms in total. The third-order valence-corrected chi connectivity index (χ3v) is 6.08. The lowest BCUT2D eigenvalue weighted by atomic mass is 10.1. The van der Waals surface area contributed by atoms with E-state index in [0.29, 0.717) is 18.1 Å². The van der Waals surface area contributed by atoms with Crippen LogP contribution in [0.3, 0.4) is 0 Å². The number of anilines is 2. The maximum atomic E-state index is 13.1. The van der Waals surface area contributed by atoms with Crippen LogP contribution < -0.4 is 15.4 Å². The van der Waals surface area contributed by atoms with Gasteiger partial charge in [-0.25, -0.2) is 9.48 Å². The van der Waals surface area contributed by atoms with Crippen LogP contribution >= 0.6 is 0 Å². The molecule has 0 aliphatic heterocycles. The standard InChI is InChI=1S/C29H31N5O3/c1-5-33(29(36)31-28-20(2)10-9-11-21(28)3)19-27(35)30-26-18-25(22-12-7-6-8-13-22)32-34(26)23-14-16-24(37-4)17-15-23/h6-18H,5,19H2,1-4H3,(H,30,35)(H,31,36). The number of nitrogens with zero attached hydrogens (tertiary/aromatic N) is 3. The van der Waals surface area contributed by atoms with E-state index in [-0.39, 0.29) is 18.5 Å². The molecular weight excluding hydrogens is 466 g/mol. The molecule has 0 unspecified atom stereocenters. The molecule has 4 rings (SSSR count). The van der Waals surface area contributed by atoms with Gasteiger partial charge in [0.2, 0.25) is 5.91 Å². The van der Waals surface area contributed by atoms with Crippen LogP contribution in [0.1, 0.15) is 18.1 Å². The highest BCUT2D eigenvalue weighted by Crippen LogP contribution is 2.26. The maximum absolute atomic E-state index is 13.1. The third-order valence-electron chi connectivity index (χ3n) is 6.08. The fraction of sp³-hybridized carbons (Fsp3) is 0.207. The number of rotatable bonds is 8. The van der Waals surface area contributed by atoms with Crippen molar-refractivity contribution in [2.24, 2.45) is 0 Å². The molecular formula is C29H31N5O3. The van der Waals surface area contributed by atoms with Crippen molar-refractivity contribution < 1.29 is 14.3 Å². The summed E-state index contributed by atoms with van der Waals surface area (Å²) in [5.41, 5.74) is 5.09. The maximum Gasteiger partial charge on any atom is 0.322 e. The van der Waals surface area contributed by atoms with E-state index in [0.717, 1.165) is 33.8 Å². The first kappa shape index (κ1) is 25.5. The molecule has 2 N–H and O–H groups in total. The predicted molar refractivity (Wildman–Crippen MR) is 146 cm³/mol. The van der Waals surface area contributed by atoms with Crippen LogP contribution in [0.5, 0.6) is 5.75 Å². The number of ether oxygens (including phenoxy) is 1. The fourth-order valence-electron chi connectivity index (χ4n) is 4.02. The molecule has 37 heavy (non-hydrogen) atoms. The van der Waals surface area contributed by atoms with Crippen molar-refractivity contribution in [1.82, 2.24) is 14.7 Å². The number of likely N-dealkylation sites (N-methyl/N-ethyl adjacent to an activating group) is 1. The van der Waals surface area contributed by atoms with Crippen LogP contribution in [-0.2, 0) is 4.79 Å². The number of hydrogen-bond donors (Lipinski definition) is 2. The van der Waals surface area contributed by atoms with Gasteiger partial charge in [-0.15, -0.1) is 0 Å². The highest BCUT2D eigenvalue weighted by atomic mass is 16.5. The summed E-state index contributed by atoms with van der Waals surface area (Å²) >= 11 is 0. The number of aromatic nitrogens is 2. The minimum Gasteiger partial charge on any atom is -0.497 e. The highest BCUT2D eigenvalue weighted by molar-refractivity contribution is 5.97. The highest BCUT2D eigenvalue weighted by Gasteiger charge is 2.19. The quantitative estimate of drug-likeness (QED) is 0.329. The number of carbonyl (C=O) groups excluding carboxylic acids is 2. The normalized spacial score (nSPS) is 10.6. The fourth-order valence-corrected chi connectivity index (χ4v) is 4.02. The molecule has 1 aromatic heterocycles. The average Bonchev–Trinajstić information content (AvgIpc) is 3.33. The van der Waals surface area contributed by atoms with Crippen molar-refractivity contribution in [2.45, 2.75) is 20.8 Å². The lowest BCUT2D eigenvalue weighted by molar-refractivity contribution is -0.116. The summed E-state index contributed by atoms with van der Waals surface area (Å²) in [6.45, 7) is 5.98. The summed E-state index contributed by atoms with van der Waals surface area (Å²) < 4.78 is 6.94. The molecule has 0 saturated heterocycles. The summed E-state index contributed by atoms with van der Waals surface area (Å²) in [5, 5.41) is 10.6. The van der Waals surface area contributed by atoms with Crippen molar-refractivity contribution in [3.8, 4) is 22.7 Å². The molecule has 0 fully saturated rings. The van der Waals surface area contributed by atoms with E-state index in [9.17, 15) is 9.59 Å². The molecule has 1 heterocycles. The zero-order valence-electron chi connectivity index (χ0n) is 21.5. The van der Waals surface area contributed by atoms with Crippen LogP contribution in [0.15, 0.2) is 78.9 Å². The van der Waals surface area contributed by atoms with E-state index >= 15 is 0 Å². The average molecular weight is 498 g/mol. The molecule has 3 aromatic carbocycles. The van der Waals surface area contributed by atoms with Gasteiger partial charge < -0.3 is 20.3 Å². The van der Waals surface area contributed by atoms with Crippen molar-refractivity contribution in [2.75, 3.05) is 30.8 Å². The summed E-state index contributed by atoms with van der Waals surface area (Å²) in [6, 6.07) is 24.5. The van der Waals surface area contributed by atoms with Gasteiger partial charge in [-0.05, 0) is 56.2 Å². The Labute approximate surface area is 216 Å². The number of para-hydroxylation sites is 1. The number of benzene rings is 3. The van der Waals surface area contributed by atoms with Gasteiger partial charge >= 0.3 is 6.03 Å². The Morgan fingerprint density at radius 3 is 2.22 bits per heavy atom. The van der Waals surface area contributed by atoms with Crippen molar-refractivity contribution in [3.05, 3.63) is 90.0 Å². The third kappa shape index (κ3) is 5.98. The molecule has 4 aromatic rings. The van der Waals surface area contributed by atoms with Gasteiger partial charge in [0.15, 0.2) is 0 Å². The zero-order chi connectivity index (χ0) is 26.4. The van der Waals surface area contributed by atoms with Gasteiger partial charge in [0, 0.05) is 23.9 Å². The van der Waals surface area contributed by atoms with Gasteiger partial charge in [0.05, 0.1) is 18.5 Å². The van der Waals surface area contributed by atoms with Crippen LogP contribution in [0.25, 0.3) is 16.9 Å². The van der Waals surface area contributed by atoms with Crippen LogP contribution in [0, 0.1) is 13.8 Å². The Hall–Kier alpha value is -4.59. The van der Waals surface area contributed by atoms with Gasteiger partial charge in [-0.3, -0.25) is 4.79 Å². The number of amides is 3. The smallest absolute Gasteiger partial charge is 0.322 e. The predicted octanol–water partition coefficient (Wildman–Crippen LogP) is 5.66. The van der Waals surface area contributed by atoms with Crippen molar-refractivity contribution in [1.29, 1.82) is 0 Å². The number of carbonyl (C=O) groups is 2. The summed E-state index contributed by atoms with van der Waals surface area (Å²) in [4.78, 5) is 27.6. The first-order chi connectivity index (χ1) is 17.9. The van der Waals surface area contributed by atoms with E-state index in [4.69, 9.17) is 9.84 Å². The first-order valence-electron chi connectivity index (χ1n) is 12.1. The second-order valence-electron chi connectivity index (χ2n) is 8.65. The first-order valence-corrected chi connectivity index (χ1v) is 12.1. The van der Waals surface area contributed by atoms with Crippen molar-refractivity contribution >= 4 is 23.4 Å². The Kier molecular flexibility index (Phi) is 7.88. The van der Waals surface area contributed by atoms with E-state index in [1.165, 1.54) is 4.90 Å². The molecule has 0 radical (unpaired) electrons. The second kappa shape index (κ2) is 11.4. The summed E-state index contributed by atoms with van der Waals surface area (Å²) in [7, 11) is 1.61. The van der Waals surface area contributed by atoms with Gasteiger partial charge in [-0.2, -0.15) is 5.10 Å². The molecule has 0 atom stereocenters. The van der Waals surface area contributed by atoms with E-state index < -0.39 is 0 Å². The Balaban J connectivity index is 1.55. The van der Waals surface area contributed by atoms with Crippen molar-refractivity contribution in [3.63, 3.8) is 0 Å². The molecule has 0 saturated carbocycles. The number of nitrogens with one attached hydrogen (secondary N) is 2. The topological polar surface area (TPSA) is 88.5 Å². The molecule has 0 aliphatic rings. The summed E-state index contributed by atoms with van der Waals surface area (Å²) in [6.07, 6.45) is 0. The number of urea groups is 1. The van der Waals surface area contributed by atoms with Gasteiger partial charge in [0.25, 0.3) is 0 Å².